The van der Waals surface area contributed by atoms with Gasteiger partial charge < -0.3 is 23.8 Å². The molecule has 1 aromatic heterocycles. The Kier molecular flexibility index (Phi) is 9.20. The Bertz CT molecular complexity index is 1990. The lowest BCUT2D eigenvalue weighted by molar-refractivity contribution is -0.155. The number of carbonyl (C=O) groups is 3. The number of rotatable bonds is 6. The van der Waals surface area contributed by atoms with Crippen LogP contribution in [0.15, 0.2) is 36.4 Å². The third-order valence-corrected chi connectivity index (χ3v) is 12.9. The Labute approximate surface area is 300 Å². The number of benzene rings is 2. The van der Waals surface area contributed by atoms with Gasteiger partial charge in [-0.25, -0.2) is 4.72 Å². The molecule has 4 heterocycles. The van der Waals surface area contributed by atoms with Crippen molar-refractivity contribution in [3.63, 3.8) is 0 Å². The van der Waals surface area contributed by atoms with Gasteiger partial charge in [-0.2, -0.15) is 12.7 Å². The van der Waals surface area contributed by atoms with Crippen molar-refractivity contribution >= 4 is 38.8 Å². The second-order valence-corrected chi connectivity index (χ2v) is 17.0. The van der Waals surface area contributed by atoms with Gasteiger partial charge in [0, 0.05) is 81.7 Å². The van der Waals surface area contributed by atoms with Gasteiger partial charge in [0.15, 0.2) is 0 Å². The Morgan fingerprint density at radius 3 is 2.29 bits per heavy atom. The van der Waals surface area contributed by atoms with Crippen LogP contribution < -0.4 is 9.46 Å². The number of morpholine rings is 1. The molecule has 2 aromatic carbocycles. The summed E-state index contributed by atoms with van der Waals surface area (Å²) in [5.41, 5.74) is 4.09. The molecule has 274 valence electrons. The molecule has 12 nitrogen and oxygen atoms in total. The summed E-state index contributed by atoms with van der Waals surface area (Å²) in [6.45, 7) is 7.30. The minimum Gasteiger partial charge on any atom is -0.497 e. The number of hydrogen-bond acceptors (Lipinski definition) is 7. The van der Waals surface area contributed by atoms with Gasteiger partial charge in [-0.15, -0.1) is 0 Å². The molecule has 1 N–H and O–H groups in total. The predicted octanol–water partition coefficient (Wildman–Crippen LogP) is 4.48. The molecule has 1 saturated carbocycles. The predicted molar refractivity (Wildman–Crippen MR) is 194 cm³/mol. The van der Waals surface area contributed by atoms with Crippen molar-refractivity contribution in [2.45, 2.75) is 83.5 Å². The van der Waals surface area contributed by atoms with Crippen LogP contribution in [0.2, 0.25) is 0 Å². The number of ether oxygens (including phenoxy) is 2. The fraction of sp³-hybridized carbons (Fsp3) is 0.553. The molecule has 13 heteroatoms. The van der Waals surface area contributed by atoms with E-state index in [0.29, 0.717) is 25.4 Å². The lowest BCUT2D eigenvalue weighted by Crippen LogP contribution is -2.56. The summed E-state index contributed by atoms with van der Waals surface area (Å²) in [6, 6.07) is 11.5. The van der Waals surface area contributed by atoms with Crippen molar-refractivity contribution in [3.8, 4) is 17.0 Å². The highest BCUT2D eigenvalue weighted by Crippen LogP contribution is 2.55. The van der Waals surface area contributed by atoms with E-state index < -0.39 is 21.5 Å². The lowest BCUT2D eigenvalue weighted by atomic mass is 9.72. The zero-order valence-electron chi connectivity index (χ0n) is 30.4. The normalized spacial score (nSPS) is 25.3. The van der Waals surface area contributed by atoms with Gasteiger partial charge in [-0.3, -0.25) is 14.4 Å². The first-order valence-electron chi connectivity index (χ1n) is 18.0. The molecule has 1 aliphatic carbocycles. The number of nitrogens with zero attached hydrogens (tertiary/aromatic N) is 4. The highest BCUT2D eigenvalue weighted by atomic mass is 32.2. The SMILES string of the molecule is COc1ccc2c(c1)[C@H]1CN(C(C)=O)C[C@]1(C(=O)N1C[C@@H](C)O[C@@H](C)C1)Cn1c-2c(C2CCCCC2)c2ccc(C(=O)NS(=O)(=O)N(C)C)cc21. The monoisotopic (exact) mass is 719 g/mol. The van der Waals surface area contributed by atoms with E-state index in [9.17, 15) is 18.0 Å². The van der Waals surface area contributed by atoms with Crippen LogP contribution in [0, 0.1) is 5.41 Å². The van der Waals surface area contributed by atoms with Crippen molar-refractivity contribution in [3.05, 3.63) is 53.1 Å². The molecule has 3 amide bonds. The molecule has 0 radical (unpaired) electrons. The van der Waals surface area contributed by atoms with Crippen LogP contribution in [-0.4, -0.2) is 104 Å². The van der Waals surface area contributed by atoms with Gasteiger partial charge in [0.05, 0.1) is 30.4 Å². The molecule has 3 fully saturated rings. The van der Waals surface area contributed by atoms with Crippen molar-refractivity contribution < 1.29 is 32.3 Å². The molecule has 0 spiro atoms. The van der Waals surface area contributed by atoms with Crippen molar-refractivity contribution in [2.24, 2.45) is 5.41 Å². The fourth-order valence-electron chi connectivity index (χ4n) is 9.15. The first kappa shape index (κ1) is 35.5. The number of aromatic nitrogens is 1. The Hall–Kier alpha value is -3.94. The molecule has 0 bridgehead atoms. The standard InChI is InChI=1S/C38H49N5O7S/c1-23-18-41(19-24(2)50-23)37(46)38-21-42(25(3)44)20-32(38)31-17-28(49-6)13-15-29(31)35-34(26-10-8-7-9-11-26)30-14-12-27(16-33(30)43(35)22-38)36(45)39-51(47,48)40(4)5/h12-17,23-24,26,32H,7-11,18-22H2,1-6H3,(H,39,45)/t23-,24+,32-,38+/m1/s1. The quantitative estimate of drug-likeness (QED) is 0.398. The van der Waals surface area contributed by atoms with E-state index in [1.165, 1.54) is 26.1 Å². The largest absolute Gasteiger partial charge is 0.497 e. The van der Waals surface area contributed by atoms with E-state index >= 15 is 4.79 Å². The van der Waals surface area contributed by atoms with Gasteiger partial charge >= 0.3 is 10.2 Å². The molecule has 2 saturated heterocycles. The van der Waals surface area contributed by atoms with E-state index in [1.54, 1.807) is 31.1 Å². The summed E-state index contributed by atoms with van der Waals surface area (Å²) in [7, 11) is 0.333. The fourth-order valence-corrected chi connectivity index (χ4v) is 9.68. The van der Waals surface area contributed by atoms with Gasteiger partial charge in [0.1, 0.15) is 5.75 Å². The topological polar surface area (TPSA) is 130 Å². The van der Waals surface area contributed by atoms with Gasteiger partial charge in [-0.1, -0.05) is 25.3 Å². The van der Waals surface area contributed by atoms with Gasteiger partial charge in [-0.05, 0) is 74.1 Å². The second kappa shape index (κ2) is 13.2. The van der Waals surface area contributed by atoms with E-state index in [-0.39, 0.29) is 54.5 Å². The third-order valence-electron chi connectivity index (χ3n) is 11.5. The van der Waals surface area contributed by atoms with E-state index in [4.69, 9.17) is 9.47 Å². The average molecular weight is 720 g/mol. The van der Waals surface area contributed by atoms with Crippen molar-refractivity contribution in [2.75, 3.05) is 47.4 Å². The summed E-state index contributed by atoms with van der Waals surface area (Å²) in [5, 5.41) is 0.988. The molecular weight excluding hydrogens is 671 g/mol. The molecule has 3 aromatic rings. The van der Waals surface area contributed by atoms with Crippen LogP contribution in [0.4, 0.5) is 0 Å². The molecular formula is C38H49N5O7S. The second-order valence-electron chi connectivity index (χ2n) is 15.2. The summed E-state index contributed by atoms with van der Waals surface area (Å²) in [4.78, 5) is 45.7. The first-order chi connectivity index (χ1) is 24.2. The number of nitrogens with one attached hydrogen (secondary N) is 1. The highest BCUT2D eigenvalue weighted by Gasteiger charge is 2.58. The highest BCUT2D eigenvalue weighted by molar-refractivity contribution is 7.87. The lowest BCUT2D eigenvalue weighted by Gasteiger charge is -2.42. The number of carbonyl (C=O) groups excluding carboxylic acids is 3. The zero-order valence-corrected chi connectivity index (χ0v) is 31.2. The van der Waals surface area contributed by atoms with Crippen molar-refractivity contribution in [1.29, 1.82) is 0 Å². The smallest absolute Gasteiger partial charge is 0.303 e. The molecule has 0 unspecified atom stereocenters. The maximum atomic E-state index is 15.3. The van der Waals surface area contributed by atoms with Crippen LogP contribution in [0.25, 0.3) is 22.2 Å². The number of amides is 3. The molecule has 51 heavy (non-hydrogen) atoms. The van der Waals surface area contributed by atoms with Crippen molar-refractivity contribution in [1.82, 2.24) is 23.4 Å². The number of hydrogen-bond donors (Lipinski definition) is 1. The molecule has 4 atom stereocenters. The minimum atomic E-state index is -4.03. The molecule has 7 rings (SSSR count). The third kappa shape index (κ3) is 6.10. The van der Waals surface area contributed by atoms with Gasteiger partial charge in [0.2, 0.25) is 11.8 Å². The maximum Gasteiger partial charge on any atom is 0.303 e. The Morgan fingerprint density at radius 2 is 1.65 bits per heavy atom. The number of methoxy groups -OCH3 is 1. The van der Waals surface area contributed by atoms with Crippen LogP contribution in [0.1, 0.15) is 86.2 Å². The van der Waals surface area contributed by atoms with Crippen LogP contribution in [-0.2, 0) is 31.1 Å². The van der Waals surface area contributed by atoms with E-state index in [2.05, 4.69) is 15.4 Å². The Morgan fingerprint density at radius 1 is 0.941 bits per heavy atom. The van der Waals surface area contributed by atoms with Crippen LogP contribution in [0.5, 0.6) is 5.75 Å². The summed E-state index contributed by atoms with van der Waals surface area (Å²) >= 11 is 0. The first-order valence-corrected chi connectivity index (χ1v) is 19.5. The number of likely N-dealkylation sites (tertiary alicyclic amines) is 1. The van der Waals surface area contributed by atoms with E-state index in [0.717, 1.165) is 57.7 Å². The van der Waals surface area contributed by atoms with Crippen LogP contribution in [0.3, 0.4) is 0 Å². The Balaban J connectivity index is 1.51. The van der Waals surface area contributed by atoms with Gasteiger partial charge in [0.25, 0.3) is 5.91 Å². The molecule has 4 aliphatic rings. The van der Waals surface area contributed by atoms with E-state index in [1.807, 2.05) is 36.9 Å². The summed E-state index contributed by atoms with van der Waals surface area (Å²) in [5.74, 6) is -0.242. The summed E-state index contributed by atoms with van der Waals surface area (Å²) in [6.07, 6.45) is 5.17. The minimum absolute atomic E-state index is 0.0214. The molecule has 3 aliphatic heterocycles. The summed E-state index contributed by atoms with van der Waals surface area (Å²) < 4.78 is 42.5. The zero-order chi connectivity index (χ0) is 36.4. The average Bonchev–Trinajstić information content (AvgIpc) is 3.61. The number of fused-ring (bicyclic) bond motifs is 7. The van der Waals surface area contributed by atoms with Crippen LogP contribution >= 0.6 is 0 Å². The maximum absolute atomic E-state index is 15.3.